The molecule has 1 fully saturated rings. The molecule has 0 spiro atoms. The number of hydrogen-bond acceptors (Lipinski definition) is 6. The molecule has 7 heteroatoms. The Labute approximate surface area is 106 Å². The van der Waals surface area contributed by atoms with E-state index in [2.05, 4.69) is 10.1 Å². The molecule has 1 amide bonds. The lowest BCUT2D eigenvalue weighted by Gasteiger charge is -2.19. The third kappa shape index (κ3) is 3.27. The van der Waals surface area contributed by atoms with Crippen LogP contribution in [0.1, 0.15) is 24.6 Å². The highest BCUT2D eigenvalue weighted by molar-refractivity contribution is 5.78. The van der Waals surface area contributed by atoms with Crippen molar-refractivity contribution in [3.63, 3.8) is 0 Å². The highest BCUT2D eigenvalue weighted by Crippen LogP contribution is 2.08. The smallest absolute Gasteiger partial charge is 0.240 e. The molecule has 0 aromatic carbocycles. The number of nitrogens with zero attached hydrogens (tertiary/aromatic N) is 4. The third-order valence-electron chi connectivity index (χ3n) is 2.96. The molecule has 0 unspecified atom stereocenters. The monoisotopic (exact) mass is 253 g/mol. The van der Waals surface area contributed by atoms with Crippen LogP contribution in [-0.2, 0) is 17.9 Å². The van der Waals surface area contributed by atoms with Crippen LogP contribution in [0, 0.1) is 0 Å². The minimum atomic E-state index is 0.164. The van der Waals surface area contributed by atoms with Crippen LogP contribution >= 0.6 is 0 Å². The number of hydrogen-bond donors (Lipinski definition) is 1. The van der Waals surface area contributed by atoms with Crippen molar-refractivity contribution in [2.24, 2.45) is 5.73 Å². The molecule has 1 aliphatic heterocycles. The number of carbonyl (C=O) groups is 1. The summed E-state index contributed by atoms with van der Waals surface area (Å²) in [7, 11) is 1.87. The van der Waals surface area contributed by atoms with Gasteiger partial charge in [-0.05, 0) is 19.9 Å². The molecule has 1 saturated heterocycles. The van der Waals surface area contributed by atoms with Gasteiger partial charge in [-0.25, -0.2) is 0 Å². The van der Waals surface area contributed by atoms with E-state index in [4.69, 9.17) is 10.3 Å². The molecule has 1 aliphatic rings. The summed E-state index contributed by atoms with van der Waals surface area (Å²) in [5, 5.41) is 3.80. The molecule has 0 atom stereocenters. The summed E-state index contributed by atoms with van der Waals surface area (Å²) >= 11 is 0. The van der Waals surface area contributed by atoms with Gasteiger partial charge in [0.1, 0.15) is 0 Å². The van der Waals surface area contributed by atoms with E-state index in [1.807, 2.05) is 16.8 Å². The van der Waals surface area contributed by atoms with Gasteiger partial charge in [0.25, 0.3) is 0 Å². The van der Waals surface area contributed by atoms with E-state index in [1.54, 1.807) is 0 Å². The Morgan fingerprint density at radius 3 is 2.83 bits per heavy atom. The molecule has 7 nitrogen and oxygen atoms in total. The van der Waals surface area contributed by atoms with Gasteiger partial charge in [0.15, 0.2) is 5.82 Å². The third-order valence-corrected chi connectivity index (χ3v) is 2.96. The van der Waals surface area contributed by atoms with Gasteiger partial charge in [0.05, 0.1) is 19.6 Å². The van der Waals surface area contributed by atoms with E-state index in [1.165, 1.54) is 0 Å². The summed E-state index contributed by atoms with van der Waals surface area (Å²) in [5.74, 6) is 1.15. The Morgan fingerprint density at radius 1 is 1.50 bits per heavy atom. The molecule has 100 valence electrons. The number of aromatic nitrogens is 2. The van der Waals surface area contributed by atoms with Crippen molar-refractivity contribution >= 4 is 5.91 Å². The zero-order valence-corrected chi connectivity index (χ0v) is 10.6. The van der Waals surface area contributed by atoms with Crippen molar-refractivity contribution in [1.29, 1.82) is 0 Å². The second-order valence-electron chi connectivity index (χ2n) is 4.57. The first kappa shape index (κ1) is 13.0. The first-order valence-corrected chi connectivity index (χ1v) is 6.17. The zero-order chi connectivity index (χ0) is 13.0. The normalized spacial score (nSPS) is 15.6. The minimum absolute atomic E-state index is 0.164. The van der Waals surface area contributed by atoms with E-state index in [9.17, 15) is 4.79 Å². The van der Waals surface area contributed by atoms with Crippen LogP contribution < -0.4 is 5.73 Å². The Morgan fingerprint density at radius 2 is 2.22 bits per heavy atom. The van der Waals surface area contributed by atoms with E-state index >= 15 is 0 Å². The number of carbonyl (C=O) groups excluding carboxylic acids is 1. The quantitative estimate of drug-likeness (QED) is 0.767. The van der Waals surface area contributed by atoms with Crippen LogP contribution in [0.2, 0.25) is 0 Å². The number of rotatable bonds is 5. The average Bonchev–Trinajstić information content (AvgIpc) is 2.98. The fourth-order valence-electron chi connectivity index (χ4n) is 2.03. The highest BCUT2D eigenvalue weighted by Gasteiger charge is 2.19. The van der Waals surface area contributed by atoms with Gasteiger partial charge in [-0.15, -0.1) is 0 Å². The molecule has 2 N–H and O–H groups in total. The fraction of sp³-hybridized carbons (Fsp3) is 0.727. The van der Waals surface area contributed by atoms with Crippen LogP contribution in [-0.4, -0.2) is 52.5 Å². The summed E-state index contributed by atoms with van der Waals surface area (Å²) in [5.41, 5.74) is 5.39. The van der Waals surface area contributed by atoms with Gasteiger partial charge >= 0.3 is 0 Å². The van der Waals surface area contributed by atoms with Gasteiger partial charge in [0.2, 0.25) is 11.8 Å². The van der Waals surface area contributed by atoms with Crippen molar-refractivity contribution in [3.8, 4) is 0 Å². The lowest BCUT2D eigenvalue weighted by Crippen LogP contribution is -2.37. The van der Waals surface area contributed by atoms with Crippen molar-refractivity contribution < 1.29 is 9.32 Å². The average molecular weight is 253 g/mol. The SMILES string of the molecule is CN(CC(=O)N1CCCC1)Cc1noc(CN)n1. The standard InChI is InChI=1S/C11H19N5O2/c1-15(7-9-13-10(6-12)18-14-9)8-11(17)16-4-2-3-5-16/h2-8,12H2,1H3. The topological polar surface area (TPSA) is 88.5 Å². The van der Waals surface area contributed by atoms with Gasteiger partial charge < -0.3 is 15.2 Å². The van der Waals surface area contributed by atoms with Gasteiger partial charge in [-0.2, -0.15) is 4.98 Å². The number of likely N-dealkylation sites (tertiary alicyclic amines) is 1. The molecule has 0 saturated carbocycles. The van der Waals surface area contributed by atoms with Crippen LogP contribution in [0.4, 0.5) is 0 Å². The Hall–Kier alpha value is -1.47. The molecule has 18 heavy (non-hydrogen) atoms. The summed E-state index contributed by atoms with van der Waals surface area (Å²) in [6.45, 7) is 2.87. The molecule has 0 bridgehead atoms. The summed E-state index contributed by atoms with van der Waals surface area (Å²) < 4.78 is 4.91. The van der Waals surface area contributed by atoms with Gasteiger partial charge in [-0.1, -0.05) is 5.16 Å². The fourth-order valence-corrected chi connectivity index (χ4v) is 2.03. The number of likely N-dealkylation sites (N-methyl/N-ethyl adjacent to an activating group) is 1. The molecule has 0 aliphatic carbocycles. The molecule has 1 aromatic rings. The maximum Gasteiger partial charge on any atom is 0.240 e. The van der Waals surface area contributed by atoms with Crippen LogP contribution in [0.5, 0.6) is 0 Å². The van der Waals surface area contributed by atoms with Crippen molar-refractivity contribution in [3.05, 3.63) is 11.7 Å². The van der Waals surface area contributed by atoms with Crippen molar-refractivity contribution in [2.75, 3.05) is 26.7 Å². The molecule has 2 heterocycles. The first-order valence-electron chi connectivity index (χ1n) is 6.17. The van der Waals surface area contributed by atoms with E-state index in [-0.39, 0.29) is 12.5 Å². The second-order valence-corrected chi connectivity index (χ2v) is 4.57. The molecular weight excluding hydrogens is 234 g/mol. The number of amides is 1. The molecule has 0 radical (unpaired) electrons. The predicted octanol–water partition coefficient (Wildman–Crippen LogP) is -0.417. The Kier molecular flexibility index (Phi) is 4.27. The summed E-state index contributed by atoms with van der Waals surface area (Å²) in [6.07, 6.45) is 2.22. The van der Waals surface area contributed by atoms with Gasteiger partial charge in [-0.3, -0.25) is 9.69 Å². The molecule has 2 rings (SSSR count). The lowest BCUT2D eigenvalue weighted by atomic mass is 10.4. The van der Waals surface area contributed by atoms with Crippen molar-refractivity contribution in [2.45, 2.75) is 25.9 Å². The predicted molar refractivity (Wildman–Crippen MR) is 64.3 cm³/mol. The summed E-state index contributed by atoms with van der Waals surface area (Å²) in [6, 6.07) is 0. The van der Waals surface area contributed by atoms with Crippen LogP contribution in [0.25, 0.3) is 0 Å². The Bertz CT molecular complexity index is 400. The van der Waals surface area contributed by atoms with Crippen LogP contribution in [0.3, 0.4) is 0 Å². The zero-order valence-electron chi connectivity index (χ0n) is 10.6. The van der Waals surface area contributed by atoms with E-state index in [0.717, 1.165) is 25.9 Å². The maximum atomic E-state index is 11.9. The minimum Gasteiger partial charge on any atom is -0.342 e. The summed E-state index contributed by atoms with van der Waals surface area (Å²) in [4.78, 5) is 19.8. The van der Waals surface area contributed by atoms with E-state index in [0.29, 0.717) is 24.8 Å². The Balaban J connectivity index is 1.80. The first-order chi connectivity index (χ1) is 8.69. The van der Waals surface area contributed by atoms with Crippen molar-refractivity contribution in [1.82, 2.24) is 19.9 Å². The lowest BCUT2D eigenvalue weighted by molar-refractivity contribution is -0.131. The highest BCUT2D eigenvalue weighted by atomic mass is 16.5. The maximum absolute atomic E-state index is 11.9. The van der Waals surface area contributed by atoms with E-state index < -0.39 is 0 Å². The number of nitrogens with two attached hydrogens (primary N) is 1. The second kappa shape index (κ2) is 5.92. The van der Waals surface area contributed by atoms with Gasteiger partial charge in [0, 0.05) is 13.1 Å². The van der Waals surface area contributed by atoms with Crippen LogP contribution in [0.15, 0.2) is 4.52 Å². The molecular formula is C11H19N5O2. The molecule has 1 aromatic heterocycles. The largest absolute Gasteiger partial charge is 0.342 e.